The molecule has 1 aromatic heterocycles. The highest BCUT2D eigenvalue weighted by molar-refractivity contribution is 5.39. The predicted octanol–water partition coefficient (Wildman–Crippen LogP) is 2.37. The number of benzene rings is 1. The maximum Gasteiger partial charge on any atom is 0.165 e. The van der Waals surface area contributed by atoms with Crippen molar-refractivity contribution in [3.05, 3.63) is 60.0 Å². The van der Waals surface area contributed by atoms with Crippen LogP contribution >= 0.6 is 0 Å². The monoisotopic (exact) mass is 232 g/mol. The molecule has 17 heavy (non-hydrogen) atoms. The van der Waals surface area contributed by atoms with Crippen LogP contribution in [0.4, 0.5) is 10.2 Å². The molecule has 2 rings (SSSR count). The number of anilines is 1. The number of rotatable bonds is 4. The van der Waals surface area contributed by atoms with Gasteiger partial charge in [-0.2, -0.15) is 0 Å². The zero-order chi connectivity index (χ0) is 12.1. The number of pyridine rings is 1. The van der Waals surface area contributed by atoms with Gasteiger partial charge in [-0.1, -0.05) is 30.3 Å². The van der Waals surface area contributed by atoms with Gasteiger partial charge in [-0.3, -0.25) is 0 Å². The molecule has 0 aliphatic rings. The lowest BCUT2D eigenvalue weighted by atomic mass is 10.1. The van der Waals surface area contributed by atoms with Gasteiger partial charge in [-0.05, 0) is 17.7 Å². The van der Waals surface area contributed by atoms with Crippen LogP contribution < -0.4 is 5.32 Å². The average Bonchev–Trinajstić information content (AvgIpc) is 2.39. The highest BCUT2D eigenvalue weighted by Gasteiger charge is 2.12. The predicted molar refractivity (Wildman–Crippen MR) is 64.1 cm³/mol. The summed E-state index contributed by atoms with van der Waals surface area (Å²) >= 11 is 0. The normalized spacial score (nSPS) is 12.1. The lowest BCUT2D eigenvalue weighted by Crippen LogP contribution is -2.16. The fraction of sp³-hybridized carbons (Fsp3) is 0.154. The lowest BCUT2D eigenvalue weighted by Gasteiger charge is -2.17. The Kier molecular flexibility index (Phi) is 3.67. The topological polar surface area (TPSA) is 45.1 Å². The number of nitrogens with zero attached hydrogens (tertiary/aromatic N) is 1. The first kappa shape index (κ1) is 11.5. The third kappa shape index (κ3) is 2.79. The van der Waals surface area contributed by atoms with Gasteiger partial charge in [0.05, 0.1) is 12.6 Å². The molecule has 0 bridgehead atoms. The molecule has 3 nitrogen and oxygen atoms in total. The SMILES string of the molecule is OCC(Nc1ncccc1F)c1ccccc1. The smallest absolute Gasteiger partial charge is 0.165 e. The second-order valence-corrected chi connectivity index (χ2v) is 3.62. The van der Waals surface area contributed by atoms with Gasteiger partial charge >= 0.3 is 0 Å². The zero-order valence-electron chi connectivity index (χ0n) is 9.18. The first-order valence-electron chi connectivity index (χ1n) is 5.34. The lowest BCUT2D eigenvalue weighted by molar-refractivity contribution is 0.276. The first-order valence-corrected chi connectivity index (χ1v) is 5.34. The van der Waals surface area contributed by atoms with Crippen LogP contribution in [0, 0.1) is 5.82 Å². The van der Waals surface area contributed by atoms with Gasteiger partial charge < -0.3 is 10.4 Å². The summed E-state index contributed by atoms with van der Waals surface area (Å²) in [5, 5.41) is 12.2. The highest BCUT2D eigenvalue weighted by Crippen LogP contribution is 2.19. The Hall–Kier alpha value is -1.94. The summed E-state index contributed by atoms with van der Waals surface area (Å²) in [6.45, 7) is -0.125. The third-order valence-electron chi connectivity index (χ3n) is 2.45. The van der Waals surface area contributed by atoms with Crippen molar-refractivity contribution < 1.29 is 9.50 Å². The van der Waals surface area contributed by atoms with Crippen molar-refractivity contribution in [2.24, 2.45) is 0 Å². The fourth-order valence-electron chi connectivity index (χ4n) is 1.58. The van der Waals surface area contributed by atoms with Crippen molar-refractivity contribution in [2.45, 2.75) is 6.04 Å². The van der Waals surface area contributed by atoms with Crippen molar-refractivity contribution in [3.8, 4) is 0 Å². The second kappa shape index (κ2) is 5.41. The van der Waals surface area contributed by atoms with Gasteiger partial charge in [0.25, 0.3) is 0 Å². The Balaban J connectivity index is 2.19. The minimum atomic E-state index is -0.429. The standard InChI is InChI=1S/C13H13FN2O/c14-11-7-4-8-15-13(11)16-12(9-17)10-5-2-1-3-6-10/h1-8,12,17H,9H2,(H,15,16). The van der Waals surface area contributed by atoms with Crippen LogP contribution in [-0.4, -0.2) is 16.7 Å². The number of halogens is 1. The first-order chi connectivity index (χ1) is 8.31. The van der Waals surface area contributed by atoms with E-state index in [1.54, 1.807) is 0 Å². The van der Waals surface area contributed by atoms with Crippen molar-refractivity contribution in [3.63, 3.8) is 0 Å². The molecule has 88 valence electrons. The summed E-state index contributed by atoms with van der Waals surface area (Å²) in [4.78, 5) is 3.89. The molecule has 1 heterocycles. The van der Waals surface area contributed by atoms with Crippen LogP contribution in [0.15, 0.2) is 48.7 Å². The summed E-state index contributed by atoms with van der Waals surface area (Å²) in [5.74, 6) is -0.280. The van der Waals surface area contributed by atoms with E-state index >= 15 is 0 Å². The fourth-order valence-corrected chi connectivity index (χ4v) is 1.58. The largest absolute Gasteiger partial charge is 0.394 e. The van der Waals surface area contributed by atoms with Gasteiger partial charge in [0.15, 0.2) is 11.6 Å². The Morgan fingerprint density at radius 2 is 1.94 bits per heavy atom. The Bertz CT molecular complexity index is 476. The maximum absolute atomic E-state index is 13.4. The molecule has 0 radical (unpaired) electrons. The van der Waals surface area contributed by atoms with Crippen LogP contribution in [0.1, 0.15) is 11.6 Å². The van der Waals surface area contributed by atoms with Gasteiger partial charge in [0, 0.05) is 6.20 Å². The molecule has 0 spiro atoms. The molecule has 2 N–H and O–H groups in total. The molecular formula is C13H13FN2O. The van der Waals surface area contributed by atoms with E-state index in [1.807, 2.05) is 30.3 Å². The molecule has 0 aliphatic carbocycles. The molecule has 0 fully saturated rings. The number of aliphatic hydroxyl groups excluding tert-OH is 1. The summed E-state index contributed by atoms with van der Waals surface area (Å²) in [5.41, 5.74) is 0.889. The molecular weight excluding hydrogens is 219 g/mol. The van der Waals surface area contributed by atoms with Crippen LogP contribution in [0.5, 0.6) is 0 Å². The van der Waals surface area contributed by atoms with Crippen molar-refractivity contribution in [1.29, 1.82) is 0 Å². The molecule has 0 saturated heterocycles. The molecule has 1 atom stereocenters. The summed E-state index contributed by atoms with van der Waals surface area (Å²) < 4.78 is 13.4. The Morgan fingerprint density at radius 3 is 2.59 bits per heavy atom. The van der Waals surface area contributed by atoms with Crippen LogP contribution in [0.2, 0.25) is 0 Å². The van der Waals surface area contributed by atoms with Crippen LogP contribution in [0.25, 0.3) is 0 Å². The third-order valence-corrected chi connectivity index (χ3v) is 2.45. The molecule has 0 saturated carbocycles. The van der Waals surface area contributed by atoms with Crippen molar-refractivity contribution in [1.82, 2.24) is 4.98 Å². The number of hydrogen-bond acceptors (Lipinski definition) is 3. The zero-order valence-corrected chi connectivity index (χ0v) is 9.18. The average molecular weight is 232 g/mol. The van der Waals surface area contributed by atoms with Gasteiger partial charge in [0.2, 0.25) is 0 Å². The molecule has 2 aromatic rings. The summed E-state index contributed by atoms with van der Waals surface area (Å²) in [7, 11) is 0. The molecule has 0 aliphatic heterocycles. The van der Waals surface area contributed by atoms with E-state index in [2.05, 4.69) is 10.3 Å². The Labute approximate surface area is 98.9 Å². The summed E-state index contributed by atoms with van der Waals surface area (Å²) in [6.07, 6.45) is 1.50. The number of nitrogens with one attached hydrogen (secondary N) is 1. The Morgan fingerprint density at radius 1 is 1.18 bits per heavy atom. The van der Waals surface area contributed by atoms with Crippen molar-refractivity contribution in [2.75, 3.05) is 11.9 Å². The second-order valence-electron chi connectivity index (χ2n) is 3.62. The molecule has 4 heteroatoms. The van der Waals surface area contributed by atoms with E-state index in [-0.39, 0.29) is 18.5 Å². The maximum atomic E-state index is 13.4. The highest BCUT2D eigenvalue weighted by atomic mass is 19.1. The van der Waals surface area contributed by atoms with Gasteiger partial charge in [-0.25, -0.2) is 9.37 Å². The van der Waals surface area contributed by atoms with E-state index in [9.17, 15) is 9.50 Å². The van der Waals surface area contributed by atoms with E-state index in [0.29, 0.717) is 0 Å². The quantitative estimate of drug-likeness (QED) is 0.850. The molecule has 0 amide bonds. The van der Waals surface area contributed by atoms with Crippen LogP contribution in [0.3, 0.4) is 0 Å². The van der Waals surface area contributed by atoms with Crippen molar-refractivity contribution >= 4 is 5.82 Å². The van der Waals surface area contributed by atoms with Gasteiger partial charge in [-0.15, -0.1) is 0 Å². The minimum Gasteiger partial charge on any atom is -0.394 e. The number of aromatic nitrogens is 1. The molecule has 1 unspecified atom stereocenters. The van der Waals surface area contributed by atoms with E-state index < -0.39 is 5.82 Å². The van der Waals surface area contributed by atoms with E-state index in [0.717, 1.165) is 5.56 Å². The number of aliphatic hydroxyl groups is 1. The van der Waals surface area contributed by atoms with E-state index in [4.69, 9.17) is 0 Å². The molecule has 1 aromatic carbocycles. The van der Waals surface area contributed by atoms with E-state index in [1.165, 1.54) is 18.3 Å². The van der Waals surface area contributed by atoms with Gasteiger partial charge in [0.1, 0.15) is 0 Å². The summed E-state index contributed by atoms with van der Waals surface area (Å²) in [6, 6.07) is 11.9. The van der Waals surface area contributed by atoms with Crippen LogP contribution in [-0.2, 0) is 0 Å². The number of hydrogen-bond donors (Lipinski definition) is 2. The minimum absolute atomic E-state index is 0.125.